The lowest BCUT2D eigenvalue weighted by Gasteiger charge is -2.19. The summed E-state index contributed by atoms with van der Waals surface area (Å²) >= 11 is 0. The van der Waals surface area contributed by atoms with Gasteiger partial charge in [0.05, 0.1) is 7.11 Å². The molecule has 0 radical (unpaired) electrons. The number of allylic oxidation sites excluding steroid dienone is 3. The molecule has 0 aliphatic heterocycles. The van der Waals surface area contributed by atoms with Crippen LogP contribution >= 0.6 is 0 Å². The first-order valence-electron chi connectivity index (χ1n) is 8.68. The predicted octanol–water partition coefficient (Wildman–Crippen LogP) is 5.11. The van der Waals surface area contributed by atoms with E-state index < -0.39 is 0 Å². The Morgan fingerprint density at radius 1 is 0.815 bits per heavy atom. The van der Waals surface area contributed by atoms with Gasteiger partial charge in [0.15, 0.2) is 17.3 Å². The maximum atomic E-state index is 12.3. The average Bonchev–Trinajstić information content (AvgIpc) is 2.72. The quantitative estimate of drug-likeness (QED) is 0.711. The van der Waals surface area contributed by atoms with Crippen molar-refractivity contribution in [1.29, 1.82) is 0 Å². The van der Waals surface area contributed by atoms with Gasteiger partial charge >= 0.3 is 0 Å². The first kappa shape index (κ1) is 16.9. The SMILES string of the molecule is COc1cc(/C(=C2\C=CC(=O)c3ccccc32)c2ccccc2)ccc1O. The average molecular weight is 354 g/mol. The van der Waals surface area contributed by atoms with Crippen LogP contribution in [0.15, 0.2) is 84.9 Å². The predicted molar refractivity (Wildman–Crippen MR) is 107 cm³/mol. The molecule has 0 aromatic heterocycles. The fourth-order valence-electron chi connectivity index (χ4n) is 3.41. The number of carbonyl (C=O) groups excluding carboxylic acids is 1. The van der Waals surface area contributed by atoms with Crippen molar-refractivity contribution in [2.75, 3.05) is 7.11 Å². The molecule has 1 aliphatic rings. The molecule has 3 aromatic rings. The second-order valence-corrected chi connectivity index (χ2v) is 6.28. The molecule has 1 aliphatic carbocycles. The standard InChI is InChI=1S/C24H18O3/c1-27-23-15-17(11-13-22(23)26)24(16-7-3-2-4-8-16)20-12-14-21(25)19-10-6-5-9-18(19)20/h2-15,26H,1H3/b24-20+. The third kappa shape index (κ3) is 3.04. The molecule has 1 N–H and O–H groups in total. The largest absolute Gasteiger partial charge is 0.504 e. The highest BCUT2D eigenvalue weighted by molar-refractivity contribution is 6.16. The number of ether oxygens (including phenoxy) is 1. The number of benzene rings is 3. The fraction of sp³-hybridized carbons (Fsp3) is 0.0417. The van der Waals surface area contributed by atoms with Gasteiger partial charge in [-0.15, -0.1) is 0 Å². The second-order valence-electron chi connectivity index (χ2n) is 6.28. The summed E-state index contributed by atoms with van der Waals surface area (Å²) in [5.41, 5.74) is 5.45. The summed E-state index contributed by atoms with van der Waals surface area (Å²) in [5.74, 6) is 0.504. The van der Waals surface area contributed by atoms with E-state index in [0.717, 1.165) is 27.8 Å². The molecule has 0 spiro atoms. The summed E-state index contributed by atoms with van der Waals surface area (Å²) in [6, 6.07) is 22.9. The van der Waals surface area contributed by atoms with Gasteiger partial charge in [0.25, 0.3) is 0 Å². The number of hydrogen-bond acceptors (Lipinski definition) is 3. The van der Waals surface area contributed by atoms with Crippen LogP contribution in [0, 0.1) is 0 Å². The van der Waals surface area contributed by atoms with E-state index in [-0.39, 0.29) is 11.5 Å². The minimum absolute atomic E-state index is 0.00467. The Morgan fingerprint density at radius 3 is 2.26 bits per heavy atom. The van der Waals surface area contributed by atoms with E-state index in [0.29, 0.717) is 11.3 Å². The molecule has 3 nitrogen and oxygen atoms in total. The zero-order valence-electron chi connectivity index (χ0n) is 14.8. The topological polar surface area (TPSA) is 46.5 Å². The van der Waals surface area contributed by atoms with Crippen LogP contribution in [0.5, 0.6) is 11.5 Å². The lowest BCUT2D eigenvalue weighted by molar-refractivity contribution is 0.104. The number of methoxy groups -OCH3 is 1. The maximum absolute atomic E-state index is 12.3. The first-order valence-corrected chi connectivity index (χ1v) is 8.68. The number of carbonyl (C=O) groups is 1. The number of fused-ring (bicyclic) bond motifs is 1. The summed E-state index contributed by atoms with van der Waals surface area (Å²) in [6.07, 6.45) is 3.48. The van der Waals surface area contributed by atoms with Gasteiger partial charge in [-0.1, -0.05) is 60.7 Å². The van der Waals surface area contributed by atoms with Crippen LogP contribution in [0.25, 0.3) is 11.1 Å². The molecule has 132 valence electrons. The molecular formula is C24H18O3. The number of ketones is 1. The third-order valence-electron chi connectivity index (χ3n) is 4.68. The lowest BCUT2D eigenvalue weighted by Crippen LogP contribution is -2.06. The summed E-state index contributed by atoms with van der Waals surface area (Å²) in [4.78, 5) is 12.3. The molecule has 0 bridgehead atoms. The number of aromatic hydroxyl groups is 1. The molecule has 0 amide bonds. The smallest absolute Gasteiger partial charge is 0.186 e. The Morgan fingerprint density at radius 2 is 1.52 bits per heavy atom. The molecule has 0 heterocycles. The Bertz CT molecular complexity index is 1080. The van der Waals surface area contributed by atoms with Crippen molar-refractivity contribution in [2.45, 2.75) is 0 Å². The van der Waals surface area contributed by atoms with E-state index >= 15 is 0 Å². The molecule has 4 rings (SSSR count). The molecule has 0 saturated carbocycles. The Balaban J connectivity index is 2.05. The maximum Gasteiger partial charge on any atom is 0.186 e. The summed E-state index contributed by atoms with van der Waals surface area (Å²) < 4.78 is 5.30. The highest BCUT2D eigenvalue weighted by Gasteiger charge is 2.21. The zero-order valence-corrected chi connectivity index (χ0v) is 14.8. The van der Waals surface area contributed by atoms with Crippen molar-refractivity contribution in [3.63, 3.8) is 0 Å². The Kier molecular flexibility index (Phi) is 4.35. The van der Waals surface area contributed by atoms with Crippen LogP contribution in [-0.2, 0) is 0 Å². The van der Waals surface area contributed by atoms with Crippen molar-refractivity contribution in [1.82, 2.24) is 0 Å². The van der Waals surface area contributed by atoms with Crippen molar-refractivity contribution < 1.29 is 14.6 Å². The van der Waals surface area contributed by atoms with Crippen molar-refractivity contribution in [3.05, 3.63) is 107 Å². The van der Waals surface area contributed by atoms with Gasteiger partial charge in [0, 0.05) is 5.56 Å². The van der Waals surface area contributed by atoms with Gasteiger partial charge in [-0.3, -0.25) is 4.79 Å². The highest BCUT2D eigenvalue weighted by atomic mass is 16.5. The molecule has 0 unspecified atom stereocenters. The van der Waals surface area contributed by atoms with E-state index in [1.165, 1.54) is 7.11 Å². The summed E-state index contributed by atoms with van der Waals surface area (Å²) in [7, 11) is 1.53. The molecule has 27 heavy (non-hydrogen) atoms. The van der Waals surface area contributed by atoms with E-state index in [1.807, 2.05) is 72.8 Å². The fourth-order valence-corrected chi connectivity index (χ4v) is 3.41. The van der Waals surface area contributed by atoms with Crippen molar-refractivity contribution in [3.8, 4) is 11.5 Å². The monoisotopic (exact) mass is 354 g/mol. The zero-order chi connectivity index (χ0) is 18.8. The van der Waals surface area contributed by atoms with Crippen LogP contribution in [0.2, 0.25) is 0 Å². The third-order valence-corrected chi connectivity index (χ3v) is 4.68. The van der Waals surface area contributed by atoms with Crippen LogP contribution in [0.3, 0.4) is 0 Å². The van der Waals surface area contributed by atoms with Crippen LogP contribution in [0.1, 0.15) is 27.0 Å². The number of rotatable bonds is 3. The van der Waals surface area contributed by atoms with Crippen LogP contribution in [0.4, 0.5) is 0 Å². The number of hydrogen-bond donors (Lipinski definition) is 1. The van der Waals surface area contributed by atoms with Gasteiger partial charge in [-0.05, 0) is 52.1 Å². The Hall–Kier alpha value is -3.59. The molecule has 3 aromatic carbocycles. The van der Waals surface area contributed by atoms with E-state index in [9.17, 15) is 9.90 Å². The molecular weight excluding hydrogens is 336 g/mol. The van der Waals surface area contributed by atoms with Gasteiger partial charge in [-0.25, -0.2) is 0 Å². The summed E-state index contributed by atoms with van der Waals surface area (Å²) in [6.45, 7) is 0. The van der Waals surface area contributed by atoms with Gasteiger partial charge in [0.2, 0.25) is 0 Å². The highest BCUT2D eigenvalue weighted by Crippen LogP contribution is 2.39. The van der Waals surface area contributed by atoms with Crippen molar-refractivity contribution in [2.24, 2.45) is 0 Å². The van der Waals surface area contributed by atoms with Crippen LogP contribution < -0.4 is 4.74 Å². The summed E-state index contributed by atoms with van der Waals surface area (Å²) in [5, 5.41) is 9.99. The lowest BCUT2D eigenvalue weighted by atomic mass is 9.84. The van der Waals surface area contributed by atoms with E-state index in [1.54, 1.807) is 12.1 Å². The normalized spacial score (nSPS) is 14.6. The molecule has 0 atom stereocenters. The van der Waals surface area contributed by atoms with Crippen molar-refractivity contribution >= 4 is 16.9 Å². The molecule has 0 saturated heterocycles. The van der Waals surface area contributed by atoms with Gasteiger partial charge in [0.1, 0.15) is 0 Å². The first-order chi connectivity index (χ1) is 13.2. The Labute approximate surface area is 157 Å². The van der Waals surface area contributed by atoms with Crippen LogP contribution in [-0.4, -0.2) is 18.0 Å². The second kappa shape index (κ2) is 6.96. The minimum Gasteiger partial charge on any atom is -0.504 e. The number of phenolic OH excluding ortho intramolecular Hbond substituents is 1. The van der Waals surface area contributed by atoms with E-state index in [4.69, 9.17) is 4.74 Å². The molecule has 0 fully saturated rings. The van der Waals surface area contributed by atoms with Gasteiger partial charge < -0.3 is 9.84 Å². The minimum atomic E-state index is 0.00467. The number of phenols is 1. The van der Waals surface area contributed by atoms with Gasteiger partial charge in [-0.2, -0.15) is 0 Å². The van der Waals surface area contributed by atoms with E-state index in [2.05, 4.69) is 0 Å². The molecule has 3 heteroatoms.